The topological polar surface area (TPSA) is 90.8 Å². The second-order valence-corrected chi connectivity index (χ2v) is 7.56. The lowest BCUT2D eigenvalue weighted by atomic mass is 10.1. The van der Waals surface area contributed by atoms with Crippen LogP contribution in [0.25, 0.3) is 0 Å². The summed E-state index contributed by atoms with van der Waals surface area (Å²) in [6, 6.07) is 13.8. The predicted octanol–water partition coefficient (Wildman–Crippen LogP) is 2.66. The highest BCUT2D eigenvalue weighted by atomic mass is 19.4. The number of carbonyl (C=O) groups excluding carboxylic acids is 2. The molecule has 1 N–H and O–H groups in total. The lowest BCUT2D eigenvalue weighted by Crippen LogP contribution is -2.40. The van der Waals surface area contributed by atoms with E-state index in [9.17, 15) is 22.8 Å². The minimum absolute atomic E-state index is 0.0190. The molecule has 170 valence electrons. The second kappa shape index (κ2) is 9.80. The van der Waals surface area contributed by atoms with Crippen molar-refractivity contribution in [3.8, 4) is 0 Å². The number of carbonyl (C=O) groups is 3. The summed E-state index contributed by atoms with van der Waals surface area (Å²) in [4.78, 5) is 42.0. The third-order valence-electron chi connectivity index (χ3n) is 5.48. The zero-order chi connectivity index (χ0) is 23.3. The van der Waals surface area contributed by atoms with E-state index in [1.165, 1.54) is 0 Å². The molecule has 2 aromatic rings. The third-order valence-corrected chi connectivity index (χ3v) is 5.48. The van der Waals surface area contributed by atoms with Crippen molar-refractivity contribution in [1.29, 1.82) is 0 Å². The van der Waals surface area contributed by atoms with Gasteiger partial charge < -0.3 is 14.9 Å². The third kappa shape index (κ3) is 5.63. The number of rotatable bonds is 4. The Morgan fingerprint density at radius 1 is 1.03 bits per heavy atom. The number of pyridine rings is 1. The van der Waals surface area contributed by atoms with E-state index in [4.69, 9.17) is 9.90 Å². The summed E-state index contributed by atoms with van der Waals surface area (Å²) >= 11 is 0. The summed E-state index contributed by atoms with van der Waals surface area (Å²) in [5.74, 6) is -2.49. The van der Waals surface area contributed by atoms with Crippen molar-refractivity contribution in [2.24, 2.45) is 0 Å². The maximum Gasteiger partial charge on any atom is 0.490 e. The zero-order valence-corrected chi connectivity index (χ0v) is 17.0. The van der Waals surface area contributed by atoms with Gasteiger partial charge in [0, 0.05) is 31.9 Å². The maximum absolute atomic E-state index is 12.7. The highest BCUT2D eigenvalue weighted by Crippen LogP contribution is 2.33. The number of benzene rings is 1. The number of fused-ring (bicyclic) bond motifs is 1. The number of nitrogens with zero attached hydrogens (tertiary/aromatic N) is 3. The zero-order valence-electron chi connectivity index (χ0n) is 17.0. The van der Waals surface area contributed by atoms with Crippen LogP contribution < -0.4 is 0 Å². The molecule has 2 atom stereocenters. The van der Waals surface area contributed by atoms with Crippen LogP contribution in [-0.4, -0.2) is 62.5 Å². The van der Waals surface area contributed by atoms with Gasteiger partial charge in [-0.15, -0.1) is 0 Å². The Morgan fingerprint density at radius 2 is 1.66 bits per heavy atom. The Bertz CT molecular complexity index is 954. The Morgan fingerprint density at radius 3 is 2.25 bits per heavy atom. The van der Waals surface area contributed by atoms with Crippen LogP contribution in [0.1, 0.15) is 24.0 Å². The quantitative estimate of drug-likeness (QED) is 0.775. The predicted molar refractivity (Wildman–Crippen MR) is 107 cm³/mol. The molecule has 7 nitrogen and oxygen atoms in total. The summed E-state index contributed by atoms with van der Waals surface area (Å²) < 4.78 is 31.7. The lowest BCUT2D eigenvalue weighted by Gasteiger charge is -2.25. The largest absolute Gasteiger partial charge is 0.490 e. The molecule has 0 saturated carbocycles. The van der Waals surface area contributed by atoms with Crippen molar-refractivity contribution in [3.63, 3.8) is 0 Å². The number of aromatic nitrogens is 1. The number of amides is 2. The van der Waals surface area contributed by atoms with Crippen molar-refractivity contribution in [2.45, 2.75) is 44.1 Å². The van der Waals surface area contributed by atoms with Crippen LogP contribution in [0.4, 0.5) is 13.2 Å². The monoisotopic (exact) mass is 449 g/mol. The number of hydrogen-bond acceptors (Lipinski definition) is 4. The van der Waals surface area contributed by atoms with E-state index >= 15 is 0 Å². The number of carboxylic acids is 1. The molecule has 0 spiro atoms. The molecular formula is C22H22F3N3O4. The van der Waals surface area contributed by atoms with E-state index in [1.807, 2.05) is 52.3 Å². The Hall–Kier alpha value is -3.43. The first-order valence-electron chi connectivity index (χ1n) is 9.98. The van der Waals surface area contributed by atoms with E-state index in [0.717, 1.165) is 24.1 Å². The number of aliphatic carboxylic acids is 1. The van der Waals surface area contributed by atoms with Crippen LogP contribution >= 0.6 is 0 Å². The fraction of sp³-hybridized carbons (Fsp3) is 0.364. The van der Waals surface area contributed by atoms with E-state index < -0.39 is 12.1 Å². The SMILES string of the molecule is O=C(O)C(F)(F)F.O=C1C[C@H]2[C@@H](CCN2C(=O)Cc2ccccc2)N1Cc1ccncc1. The van der Waals surface area contributed by atoms with Gasteiger partial charge in [-0.2, -0.15) is 13.2 Å². The summed E-state index contributed by atoms with van der Waals surface area (Å²) in [5.41, 5.74) is 2.10. The van der Waals surface area contributed by atoms with Crippen molar-refractivity contribution in [1.82, 2.24) is 14.8 Å². The summed E-state index contributed by atoms with van der Waals surface area (Å²) in [5, 5.41) is 7.12. The first-order chi connectivity index (χ1) is 15.2. The molecular weight excluding hydrogens is 427 g/mol. The molecule has 10 heteroatoms. The molecule has 1 aromatic carbocycles. The van der Waals surface area contributed by atoms with Crippen LogP contribution in [0.15, 0.2) is 54.9 Å². The van der Waals surface area contributed by atoms with E-state index in [-0.39, 0.29) is 23.9 Å². The first-order valence-corrected chi connectivity index (χ1v) is 9.98. The average molecular weight is 449 g/mol. The lowest BCUT2D eigenvalue weighted by molar-refractivity contribution is -0.192. The Balaban J connectivity index is 0.000000360. The van der Waals surface area contributed by atoms with Gasteiger partial charge >= 0.3 is 12.1 Å². The van der Waals surface area contributed by atoms with Crippen LogP contribution in [0.3, 0.4) is 0 Å². The van der Waals surface area contributed by atoms with Crippen molar-refractivity contribution >= 4 is 17.8 Å². The normalized spacial score (nSPS) is 19.9. The van der Waals surface area contributed by atoms with Crippen molar-refractivity contribution in [2.75, 3.05) is 6.54 Å². The molecule has 0 radical (unpaired) electrons. The number of carboxylic acid groups (broad SMARTS) is 1. The van der Waals surface area contributed by atoms with E-state index in [1.54, 1.807) is 12.4 Å². The standard InChI is InChI=1S/C20H21N3O2.C2HF3O2/c24-19(12-15-4-2-1-3-5-15)22-11-8-17-18(22)13-20(25)23(17)14-16-6-9-21-10-7-16;3-2(4,5)1(6)7/h1-7,9-10,17-18H,8,11-14H2;(H,6,7)/t17-,18+;/m1./s1. The molecule has 2 amide bonds. The van der Waals surface area contributed by atoms with Gasteiger partial charge in [-0.05, 0) is 29.7 Å². The summed E-state index contributed by atoms with van der Waals surface area (Å²) in [6.07, 6.45) is 0.121. The smallest absolute Gasteiger partial charge is 0.475 e. The molecule has 2 saturated heterocycles. The van der Waals surface area contributed by atoms with Gasteiger partial charge in [-0.25, -0.2) is 4.79 Å². The van der Waals surface area contributed by atoms with Gasteiger partial charge in [0.1, 0.15) is 0 Å². The summed E-state index contributed by atoms with van der Waals surface area (Å²) in [7, 11) is 0. The van der Waals surface area contributed by atoms with Gasteiger partial charge in [0.15, 0.2) is 0 Å². The second-order valence-electron chi connectivity index (χ2n) is 7.56. The van der Waals surface area contributed by atoms with Crippen LogP contribution in [0.2, 0.25) is 0 Å². The minimum Gasteiger partial charge on any atom is -0.475 e. The number of halogens is 3. The number of likely N-dealkylation sites (tertiary alicyclic amines) is 2. The van der Waals surface area contributed by atoms with Crippen molar-refractivity contribution in [3.05, 3.63) is 66.0 Å². The molecule has 0 aliphatic carbocycles. The molecule has 1 aromatic heterocycles. The van der Waals surface area contributed by atoms with Gasteiger partial charge in [0.05, 0.1) is 18.5 Å². The highest BCUT2D eigenvalue weighted by Gasteiger charge is 2.47. The van der Waals surface area contributed by atoms with Crippen molar-refractivity contribution < 1.29 is 32.7 Å². The minimum atomic E-state index is -5.08. The van der Waals surface area contributed by atoms with E-state index in [0.29, 0.717) is 19.4 Å². The van der Waals surface area contributed by atoms with Gasteiger partial charge in [0.25, 0.3) is 0 Å². The molecule has 0 bridgehead atoms. The fourth-order valence-electron chi connectivity index (χ4n) is 4.00. The first kappa shape index (κ1) is 23.2. The molecule has 4 rings (SSSR count). The number of alkyl halides is 3. The van der Waals surface area contributed by atoms with Gasteiger partial charge in [0.2, 0.25) is 11.8 Å². The van der Waals surface area contributed by atoms with Gasteiger partial charge in [-0.3, -0.25) is 14.6 Å². The van der Waals surface area contributed by atoms with Gasteiger partial charge in [-0.1, -0.05) is 30.3 Å². The Kier molecular flexibility index (Phi) is 7.12. The van der Waals surface area contributed by atoms with Crippen LogP contribution in [-0.2, 0) is 27.3 Å². The van der Waals surface area contributed by atoms with E-state index in [2.05, 4.69) is 4.98 Å². The molecule has 2 aliphatic heterocycles. The summed E-state index contributed by atoms with van der Waals surface area (Å²) in [6.45, 7) is 1.34. The van der Waals surface area contributed by atoms with Crippen LogP contribution in [0.5, 0.6) is 0 Å². The fourth-order valence-corrected chi connectivity index (χ4v) is 4.00. The van der Waals surface area contributed by atoms with Crippen LogP contribution in [0, 0.1) is 0 Å². The molecule has 32 heavy (non-hydrogen) atoms. The highest BCUT2D eigenvalue weighted by molar-refractivity contribution is 5.84. The molecule has 2 aliphatic rings. The molecule has 3 heterocycles. The average Bonchev–Trinajstić information content (AvgIpc) is 3.29. The Labute approximate surface area is 182 Å². The molecule has 2 fully saturated rings. The maximum atomic E-state index is 12.7. The number of hydrogen-bond donors (Lipinski definition) is 1. The molecule has 0 unspecified atom stereocenters.